The van der Waals surface area contributed by atoms with Gasteiger partial charge in [-0.1, -0.05) is 42.5 Å². The van der Waals surface area contributed by atoms with E-state index in [0.29, 0.717) is 0 Å². The van der Waals surface area contributed by atoms with Crippen molar-refractivity contribution in [2.24, 2.45) is 0 Å². The molecule has 0 aliphatic carbocycles. The monoisotopic (exact) mass is 382 g/mol. The van der Waals surface area contributed by atoms with Gasteiger partial charge in [-0.3, -0.25) is 9.88 Å². The highest BCUT2D eigenvalue weighted by Crippen LogP contribution is 2.41. The molecule has 146 valence electrons. The third-order valence-corrected chi connectivity index (χ3v) is 6.32. The number of hydrogen-bond donors (Lipinski definition) is 0. The first kappa shape index (κ1) is 18.1. The SMILES string of the molecule is Cc1cccn2cc(C3(c4ccccc4)CCN(Cc4ccccn4)CC3)nc12. The molecule has 0 saturated carbocycles. The van der Waals surface area contributed by atoms with Crippen LogP contribution >= 0.6 is 0 Å². The van der Waals surface area contributed by atoms with Crippen molar-refractivity contribution in [2.75, 3.05) is 13.1 Å². The Balaban J connectivity index is 1.49. The molecule has 0 amide bonds. The zero-order chi connectivity index (χ0) is 19.7. The molecule has 1 saturated heterocycles. The van der Waals surface area contributed by atoms with Crippen molar-refractivity contribution in [3.05, 3.63) is 102 Å². The number of fused-ring (bicyclic) bond motifs is 1. The van der Waals surface area contributed by atoms with Gasteiger partial charge in [0.15, 0.2) is 0 Å². The maximum Gasteiger partial charge on any atom is 0.139 e. The van der Waals surface area contributed by atoms with Gasteiger partial charge < -0.3 is 4.40 Å². The van der Waals surface area contributed by atoms with Crippen molar-refractivity contribution in [1.29, 1.82) is 0 Å². The maximum absolute atomic E-state index is 5.13. The zero-order valence-corrected chi connectivity index (χ0v) is 16.8. The quantitative estimate of drug-likeness (QED) is 0.516. The Morgan fingerprint density at radius 3 is 2.45 bits per heavy atom. The number of benzene rings is 1. The summed E-state index contributed by atoms with van der Waals surface area (Å²) < 4.78 is 2.18. The van der Waals surface area contributed by atoms with Crippen LogP contribution in [0.4, 0.5) is 0 Å². The van der Waals surface area contributed by atoms with Gasteiger partial charge in [-0.2, -0.15) is 0 Å². The maximum atomic E-state index is 5.13. The van der Waals surface area contributed by atoms with E-state index in [9.17, 15) is 0 Å². The van der Waals surface area contributed by atoms with Crippen LogP contribution in [0.2, 0.25) is 0 Å². The van der Waals surface area contributed by atoms with Crippen molar-refractivity contribution >= 4 is 5.65 Å². The number of piperidine rings is 1. The molecule has 0 unspecified atom stereocenters. The molecule has 1 aliphatic rings. The van der Waals surface area contributed by atoms with Crippen LogP contribution in [-0.4, -0.2) is 32.4 Å². The predicted octanol–water partition coefficient (Wildman–Crippen LogP) is 4.62. The number of rotatable bonds is 4. The highest BCUT2D eigenvalue weighted by molar-refractivity contribution is 5.50. The first-order chi connectivity index (χ1) is 14.2. The Hall–Kier alpha value is -2.98. The van der Waals surface area contributed by atoms with E-state index in [4.69, 9.17) is 4.98 Å². The first-order valence-electron chi connectivity index (χ1n) is 10.4. The number of pyridine rings is 2. The van der Waals surface area contributed by atoms with E-state index < -0.39 is 0 Å². The molecule has 0 radical (unpaired) electrons. The molecule has 0 atom stereocenters. The minimum atomic E-state index is -0.0413. The van der Waals surface area contributed by atoms with Gasteiger partial charge in [-0.25, -0.2) is 4.98 Å². The lowest BCUT2D eigenvalue weighted by Gasteiger charge is -2.41. The summed E-state index contributed by atoms with van der Waals surface area (Å²) in [7, 11) is 0. The minimum Gasteiger partial charge on any atom is -0.307 e. The molecular weight excluding hydrogens is 356 g/mol. The van der Waals surface area contributed by atoms with E-state index in [1.54, 1.807) is 0 Å². The fourth-order valence-corrected chi connectivity index (χ4v) is 4.65. The lowest BCUT2D eigenvalue weighted by Crippen LogP contribution is -2.43. The van der Waals surface area contributed by atoms with Crippen LogP contribution in [0.15, 0.2) is 79.3 Å². The van der Waals surface area contributed by atoms with E-state index in [2.05, 4.69) is 88.2 Å². The van der Waals surface area contributed by atoms with Crippen LogP contribution in [0.3, 0.4) is 0 Å². The lowest BCUT2D eigenvalue weighted by molar-refractivity contribution is 0.169. The van der Waals surface area contributed by atoms with Crippen molar-refractivity contribution in [1.82, 2.24) is 19.3 Å². The predicted molar refractivity (Wildman–Crippen MR) is 116 cm³/mol. The molecule has 4 heterocycles. The molecule has 5 rings (SSSR count). The van der Waals surface area contributed by atoms with Gasteiger partial charge in [0.2, 0.25) is 0 Å². The Morgan fingerprint density at radius 1 is 0.931 bits per heavy atom. The Kier molecular flexibility index (Phi) is 4.64. The standard InChI is InChI=1S/C25H26N4/c1-20-8-7-15-29-19-23(27-24(20)29)25(21-9-3-2-4-10-21)12-16-28(17-13-25)18-22-11-5-6-14-26-22/h2-11,14-15,19H,12-13,16-18H2,1H3. The van der Waals surface area contributed by atoms with Gasteiger partial charge in [0, 0.05) is 30.6 Å². The molecular formula is C25H26N4. The summed E-state index contributed by atoms with van der Waals surface area (Å²) in [4.78, 5) is 12.2. The third-order valence-electron chi connectivity index (χ3n) is 6.32. The van der Waals surface area contributed by atoms with E-state index in [-0.39, 0.29) is 5.41 Å². The Labute approximate surface area is 171 Å². The van der Waals surface area contributed by atoms with E-state index in [1.807, 2.05) is 12.3 Å². The summed E-state index contributed by atoms with van der Waals surface area (Å²) in [6.45, 7) is 5.13. The Bertz CT molecular complexity index is 1090. The molecule has 1 fully saturated rings. The molecule has 4 heteroatoms. The van der Waals surface area contributed by atoms with Gasteiger partial charge in [-0.05, 0) is 62.2 Å². The molecule has 0 bridgehead atoms. The van der Waals surface area contributed by atoms with Crippen LogP contribution < -0.4 is 0 Å². The van der Waals surface area contributed by atoms with Crippen LogP contribution in [0, 0.1) is 6.92 Å². The molecule has 4 nitrogen and oxygen atoms in total. The molecule has 29 heavy (non-hydrogen) atoms. The number of imidazole rings is 1. The van der Waals surface area contributed by atoms with Crippen molar-refractivity contribution in [2.45, 2.75) is 31.7 Å². The topological polar surface area (TPSA) is 33.4 Å². The fourth-order valence-electron chi connectivity index (χ4n) is 4.65. The lowest BCUT2D eigenvalue weighted by atomic mass is 9.70. The number of aryl methyl sites for hydroxylation is 1. The molecule has 1 aromatic carbocycles. The Morgan fingerprint density at radius 2 is 1.72 bits per heavy atom. The summed E-state index contributed by atoms with van der Waals surface area (Å²) in [5.74, 6) is 0. The summed E-state index contributed by atoms with van der Waals surface area (Å²) in [6, 6.07) is 21.3. The summed E-state index contributed by atoms with van der Waals surface area (Å²) in [6.07, 6.45) is 8.35. The van der Waals surface area contributed by atoms with Crippen molar-refractivity contribution in [3.63, 3.8) is 0 Å². The number of nitrogens with zero attached hydrogens (tertiary/aromatic N) is 4. The second kappa shape index (κ2) is 7.45. The van der Waals surface area contributed by atoms with Gasteiger partial charge in [0.25, 0.3) is 0 Å². The molecule has 0 spiro atoms. The van der Waals surface area contributed by atoms with Gasteiger partial charge >= 0.3 is 0 Å². The van der Waals surface area contributed by atoms with Crippen LogP contribution in [0.25, 0.3) is 5.65 Å². The van der Waals surface area contributed by atoms with Gasteiger partial charge in [-0.15, -0.1) is 0 Å². The highest BCUT2D eigenvalue weighted by Gasteiger charge is 2.40. The molecule has 3 aromatic heterocycles. The minimum absolute atomic E-state index is 0.0413. The van der Waals surface area contributed by atoms with E-state index in [0.717, 1.165) is 43.8 Å². The summed E-state index contributed by atoms with van der Waals surface area (Å²) in [5.41, 5.74) is 5.95. The van der Waals surface area contributed by atoms with Crippen molar-refractivity contribution in [3.8, 4) is 0 Å². The van der Waals surface area contributed by atoms with Crippen LogP contribution in [0.1, 0.15) is 35.4 Å². The summed E-state index contributed by atoms with van der Waals surface area (Å²) in [5, 5.41) is 0. The second-order valence-corrected chi connectivity index (χ2v) is 8.09. The number of likely N-dealkylation sites (tertiary alicyclic amines) is 1. The average molecular weight is 383 g/mol. The molecule has 0 N–H and O–H groups in total. The molecule has 1 aliphatic heterocycles. The summed E-state index contributed by atoms with van der Waals surface area (Å²) >= 11 is 0. The van der Waals surface area contributed by atoms with Crippen LogP contribution in [-0.2, 0) is 12.0 Å². The van der Waals surface area contributed by atoms with Gasteiger partial charge in [0.05, 0.1) is 11.4 Å². The molecule has 4 aromatic rings. The van der Waals surface area contributed by atoms with Crippen molar-refractivity contribution < 1.29 is 0 Å². The number of aromatic nitrogens is 3. The third kappa shape index (κ3) is 3.34. The smallest absolute Gasteiger partial charge is 0.139 e. The normalized spacial score (nSPS) is 16.9. The van der Waals surface area contributed by atoms with E-state index >= 15 is 0 Å². The fraction of sp³-hybridized carbons (Fsp3) is 0.280. The second-order valence-electron chi connectivity index (χ2n) is 8.09. The largest absolute Gasteiger partial charge is 0.307 e. The van der Waals surface area contributed by atoms with Gasteiger partial charge in [0.1, 0.15) is 5.65 Å². The average Bonchev–Trinajstić information content (AvgIpc) is 3.22. The first-order valence-corrected chi connectivity index (χ1v) is 10.4. The van der Waals surface area contributed by atoms with E-state index in [1.165, 1.54) is 16.8 Å². The number of hydrogen-bond acceptors (Lipinski definition) is 3. The van der Waals surface area contributed by atoms with Crippen LogP contribution in [0.5, 0.6) is 0 Å². The highest BCUT2D eigenvalue weighted by atomic mass is 15.1. The zero-order valence-electron chi connectivity index (χ0n) is 16.8.